The maximum atomic E-state index is 13.6. The highest BCUT2D eigenvalue weighted by Gasteiger charge is 2.17. The summed E-state index contributed by atoms with van der Waals surface area (Å²) in [6.45, 7) is 4.10. The van der Waals surface area contributed by atoms with Crippen LogP contribution in [0.15, 0.2) is 36.7 Å². The van der Waals surface area contributed by atoms with Crippen molar-refractivity contribution in [1.29, 1.82) is 0 Å². The predicted molar refractivity (Wildman–Crippen MR) is 93.0 cm³/mol. The fraction of sp³-hybridized carbons (Fsp3) is 0.278. The number of ether oxygens (including phenoxy) is 2. The maximum Gasteiger partial charge on any atom is 0.256 e. The third-order valence-corrected chi connectivity index (χ3v) is 3.85. The van der Waals surface area contributed by atoms with Gasteiger partial charge in [-0.2, -0.15) is 10.1 Å². The molecule has 8 heteroatoms. The SMILES string of the molecule is CCNC(=O)c1cnn2ccc(O[C@H](C)c3cc(F)ccc3OC)nc12. The molecule has 26 heavy (non-hydrogen) atoms. The number of hydrogen-bond acceptors (Lipinski definition) is 5. The molecule has 0 bridgehead atoms. The van der Waals surface area contributed by atoms with E-state index >= 15 is 0 Å². The van der Waals surface area contributed by atoms with Gasteiger partial charge < -0.3 is 14.8 Å². The molecule has 0 unspecified atom stereocenters. The van der Waals surface area contributed by atoms with Gasteiger partial charge in [0.2, 0.25) is 5.88 Å². The summed E-state index contributed by atoms with van der Waals surface area (Å²) in [6, 6.07) is 5.86. The monoisotopic (exact) mass is 358 g/mol. The van der Waals surface area contributed by atoms with E-state index < -0.39 is 6.10 Å². The lowest BCUT2D eigenvalue weighted by atomic mass is 10.1. The van der Waals surface area contributed by atoms with E-state index in [0.717, 1.165) is 0 Å². The molecule has 0 aliphatic rings. The highest BCUT2D eigenvalue weighted by Crippen LogP contribution is 2.29. The van der Waals surface area contributed by atoms with Gasteiger partial charge in [-0.1, -0.05) is 0 Å². The summed E-state index contributed by atoms with van der Waals surface area (Å²) in [5, 5.41) is 6.82. The summed E-state index contributed by atoms with van der Waals surface area (Å²) in [5.41, 5.74) is 1.30. The van der Waals surface area contributed by atoms with Crippen molar-refractivity contribution in [2.75, 3.05) is 13.7 Å². The molecule has 0 aliphatic heterocycles. The number of halogens is 1. The van der Waals surface area contributed by atoms with E-state index in [4.69, 9.17) is 9.47 Å². The van der Waals surface area contributed by atoms with Crippen LogP contribution in [0.25, 0.3) is 5.65 Å². The summed E-state index contributed by atoms with van der Waals surface area (Å²) in [5.74, 6) is 0.177. The Morgan fingerprint density at radius 3 is 2.92 bits per heavy atom. The van der Waals surface area contributed by atoms with Gasteiger partial charge in [-0.25, -0.2) is 8.91 Å². The normalized spacial score (nSPS) is 12.0. The third kappa shape index (κ3) is 3.44. The topological polar surface area (TPSA) is 77.8 Å². The number of carbonyl (C=O) groups excluding carboxylic acids is 1. The zero-order valence-corrected chi connectivity index (χ0v) is 14.7. The van der Waals surface area contributed by atoms with Gasteiger partial charge in [0.25, 0.3) is 5.91 Å². The number of aromatic nitrogens is 3. The summed E-state index contributed by atoms with van der Waals surface area (Å²) >= 11 is 0. The molecule has 0 fully saturated rings. The molecule has 7 nitrogen and oxygen atoms in total. The van der Waals surface area contributed by atoms with Gasteiger partial charge in [-0.3, -0.25) is 4.79 Å². The molecule has 0 spiro atoms. The molecule has 2 heterocycles. The second kappa shape index (κ2) is 7.38. The molecule has 1 aromatic carbocycles. The van der Waals surface area contributed by atoms with E-state index in [1.54, 1.807) is 25.3 Å². The summed E-state index contributed by atoms with van der Waals surface area (Å²) in [4.78, 5) is 16.5. The van der Waals surface area contributed by atoms with Crippen LogP contribution in [0.4, 0.5) is 4.39 Å². The predicted octanol–water partition coefficient (Wildman–Crippen LogP) is 2.77. The minimum atomic E-state index is -0.508. The minimum absolute atomic E-state index is 0.257. The van der Waals surface area contributed by atoms with Crippen LogP contribution < -0.4 is 14.8 Å². The Kier molecular flexibility index (Phi) is 5.01. The quantitative estimate of drug-likeness (QED) is 0.733. The van der Waals surface area contributed by atoms with Crippen LogP contribution in [-0.2, 0) is 0 Å². The number of amides is 1. The fourth-order valence-corrected chi connectivity index (χ4v) is 2.60. The van der Waals surface area contributed by atoms with Crippen LogP contribution in [0.2, 0.25) is 0 Å². The minimum Gasteiger partial charge on any atom is -0.496 e. The van der Waals surface area contributed by atoms with Gasteiger partial charge >= 0.3 is 0 Å². The van der Waals surface area contributed by atoms with Gasteiger partial charge in [0, 0.05) is 24.4 Å². The summed E-state index contributed by atoms with van der Waals surface area (Å²) < 4.78 is 26.2. The van der Waals surface area contributed by atoms with Gasteiger partial charge in [0.15, 0.2) is 5.65 Å². The van der Waals surface area contributed by atoms with Crippen molar-refractivity contribution in [3.63, 3.8) is 0 Å². The van der Waals surface area contributed by atoms with Crippen LogP contribution in [0.1, 0.15) is 35.9 Å². The molecular formula is C18H19FN4O3. The Morgan fingerprint density at radius 2 is 2.19 bits per heavy atom. The Hall–Kier alpha value is -3.16. The molecule has 3 aromatic rings. The molecule has 0 radical (unpaired) electrons. The molecule has 1 amide bonds. The second-order valence-electron chi connectivity index (χ2n) is 5.60. The third-order valence-electron chi connectivity index (χ3n) is 3.85. The second-order valence-corrected chi connectivity index (χ2v) is 5.60. The first-order chi connectivity index (χ1) is 12.5. The van der Waals surface area contributed by atoms with E-state index in [-0.39, 0.29) is 11.7 Å². The summed E-state index contributed by atoms with van der Waals surface area (Å²) in [6.07, 6.45) is 2.60. The van der Waals surface area contributed by atoms with Crippen LogP contribution >= 0.6 is 0 Å². The first-order valence-corrected chi connectivity index (χ1v) is 8.16. The van der Waals surface area contributed by atoms with Crippen LogP contribution in [0.5, 0.6) is 11.6 Å². The lowest BCUT2D eigenvalue weighted by Crippen LogP contribution is -2.22. The van der Waals surface area contributed by atoms with Gasteiger partial charge in [0.1, 0.15) is 23.2 Å². The van der Waals surface area contributed by atoms with E-state index in [2.05, 4.69) is 15.4 Å². The maximum absolute atomic E-state index is 13.6. The summed E-state index contributed by atoms with van der Waals surface area (Å²) in [7, 11) is 1.51. The first kappa shape index (κ1) is 17.7. The highest BCUT2D eigenvalue weighted by atomic mass is 19.1. The number of fused-ring (bicyclic) bond motifs is 1. The molecule has 0 saturated heterocycles. The average Bonchev–Trinajstić information content (AvgIpc) is 3.05. The molecule has 0 saturated carbocycles. The molecule has 0 aliphatic carbocycles. The van der Waals surface area contributed by atoms with Crippen molar-refractivity contribution in [2.45, 2.75) is 20.0 Å². The van der Waals surface area contributed by atoms with Crippen molar-refractivity contribution in [1.82, 2.24) is 19.9 Å². The van der Waals surface area contributed by atoms with Gasteiger partial charge in [-0.15, -0.1) is 0 Å². The number of carbonyl (C=O) groups is 1. The van der Waals surface area contributed by atoms with Gasteiger partial charge in [-0.05, 0) is 32.0 Å². The van der Waals surface area contributed by atoms with Crippen molar-refractivity contribution < 1.29 is 18.7 Å². The van der Waals surface area contributed by atoms with E-state index in [1.165, 1.54) is 30.0 Å². The van der Waals surface area contributed by atoms with E-state index in [9.17, 15) is 9.18 Å². The fourth-order valence-electron chi connectivity index (χ4n) is 2.60. The molecule has 1 N–H and O–H groups in total. The van der Waals surface area contributed by atoms with Crippen molar-refractivity contribution in [3.05, 3.63) is 53.6 Å². The number of nitrogens with one attached hydrogen (secondary N) is 1. The lowest BCUT2D eigenvalue weighted by molar-refractivity contribution is 0.0957. The molecule has 3 rings (SSSR count). The average molecular weight is 358 g/mol. The van der Waals surface area contributed by atoms with Crippen molar-refractivity contribution in [3.8, 4) is 11.6 Å². The lowest BCUT2D eigenvalue weighted by Gasteiger charge is -2.17. The Bertz CT molecular complexity index is 941. The zero-order chi connectivity index (χ0) is 18.7. The highest BCUT2D eigenvalue weighted by molar-refractivity contribution is 5.99. The van der Waals surface area contributed by atoms with Crippen molar-refractivity contribution >= 4 is 11.6 Å². The van der Waals surface area contributed by atoms with Crippen molar-refractivity contribution in [2.24, 2.45) is 0 Å². The van der Waals surface area contributed by atoms with E-state index in [0.29, 0.717) is 34.9 Å². The number of hydrogen-bond donors (Lipinski definition) is 1. The smallest absolute Gasteiger partial charge is 0.256 e. The zero-order valence-electron chi connectivity index (χ0n) is 14.7. The number of methoxy groups -OCH3 is 1. The van der Waals surface area contributed by atoms with Crippen LogP contribution in [-0.4, -0.2) is 34.2 Å². The number of nitrogens with zero attached hydrogens (tertiary/aromatic N) is 3. The molecule has 1 atom stereocenters. The van der Waals surface area contributed by atoms with Gasteiger partial charge in [0.05, 0.1) is 13.3 Å². The largest absolute Gasteiger partial charge is 0.496 e. The number of benzene rings is 1. The standard InChI is InChI=1S/C18H19FN4O3/c1-4-20-18(24)14-10-21-23-8-7-16(22-17(14)23)26-11(2)13-9-12(19)5-6-15(13)25-3/h5-11H,4H2,1-3H3,(H,20,24)/t11-/m1/s1. The Labute approximate surface area is 149 Å². The first-order valence-electron chi connectivity index (χ1n) is 8.16. The molecule has 136 valence electrons. The number of rotatable bonds is 6. The Balaban J connectivity index is 1.90. The van der Waals surface area contributed by atoms with Crippen LogP contribution in [0.3, 0.4) is 0 Å². The van der Waals surface area contributed by atoms with Crippen LogP contribution in [0, 0.1) is 5.82 Å². The van der Waals surface area contributed by atoms with E-state index in [1.807, 2.05) is 6.92 Å². The molecule has 2 aromatic heterocycles. The molecular weight excluding hydrogens is 339 g/mol. The Morgan fingerprint density at radius 1 is 1.38 bits per heavy atom.